The molecule has 5 rings (SSSR count). The number of anilines is 2. The van der Waals surface area contributed by atoms with Crippen molar-refractivity contribution in [1.29, 1.82) is 0 Å². The monoisotopic (exact) mass is 350 g/mol. The molecule has 25 heavy (non-hydrogen) atoms. The highest BCUT2D eigenvalue weighted by Crippen LogP contribution is 2.48. The molecule has 2 atom stereocenters. The minimum absolute atomic E-state index is 0.790. The number of hydrogen-bond acceptors (Lipinski definition) is 3. The zero-order valence-corrected chi connectivity index (χ0v) is 15.5. The van der Waals surface area contributed by atoms with E-state index in [4.69, 9.17) is 0 Å². The van der Waals surface area contributed by atoms with Crippen LogP contribution in [0.5, 0.6) is 0 Å². The Morgan fingerprint density at radius 1 is 0.800 bits per heavy atom. The number of para-hydroxylation sites is 2. The summed E-state index contributed by atoms with van der Waals surface area (Å²) >= 11 is 1.92. The summed E-state index contributed by atoms with van der Waals surface area (Å²) in [6.45, 7) is 3.81. The molecule has 0 aromatic heterocycles. The zero-order valence-electron chi connectivity index (χ0n) is 14.7. The van der Waals surface area contributed by atoms with E-state index in [1.807, 2.05) is 11.8 Å². The molecule has 3 aliphatic rings. The molecule has 0 radical (unpaired) electrons. The molecule has 3 aliphatic heterocycles. The first-order valence-corrected chi connectivity index (χ1v) is 10.6. The Balaban J connectivity index is 1.49. The Morgan fingerprint density at radius 2 is 1.48 bits per heavy atom. The summed E-state index contributed by atoms with van der Waals surface area (Å²) in [6, 6.07) is 18.7. The van der Waals surface area contributed by atoms with Gasteiger partial charge >= 0.3 is 0 Å². The van der Waals surface area contributed by atoms with Crippen molar-refractivity contribution in [3.05, 3.63) is 48.5 Å². The summed E-state index contributed by atoms with van der Waals surface area (Å²) in [4.78, 5) is 8.20. The van der Waals surface area contributed by atoms with Gasteiger partial charge in [-0.15, -0.1) is 0 Å². The van der Waals surface area contributed by atoms with Crippen LogP contribution in [-0.4, -0.2) is 30.6 Å². The Hall–Kier alpha value is -1.45. The lowest BCUT2D eigenvalue weighted by Crippen LogP contribution is -2.50. The minimum atomic E-state index is 0.790. The van der Waals surface area contributed by atoms with Gasteiger partial charge in [0.25, 0.3) is 0 Å². The molecule has 3 heteroatoms. The summed E-state index contributed by atoms with van der Waals surface area (Å²) in [5.74, 6) is 0.790. The van der Waals surface area contributed by atoms with Gasteiger partial charge in [0, 0.05) is 22.4 Å². The van der Waals surface area contributed by atoms with Crippen LogP contribution in [0.15, 0.2) is 58.3 Å². The van der Waals surface area contributed by atoms with Gasteiger partial charge in [-0.05, 0) is 69.0 Å². The molecule has 0 aliphatic carbocycles. The van der Waals surface area contributed by atoms with Crippen LogP contribution in [0.3, 0.4) is 0 Å². The summed E-state index contributed by atoms with van der Waals surface area (Å²) < 4.78 is 0. The molecule has 0 saturated carbocycles. The Morgan fingerprint density at radius 3 is 2.24 bits per heavy atom. The Bertz CT molecular complexity index is 712. The van der Waals surface area contributed by atoms with Gasteiger partial charge in [0.15, 0.2) is 0 Å². The Kier molecular flexibility index (Phi) is 4.23. The van der Waals surface area contributed by atoms with E-state index in [0.717, 1.165) is 18.5 Å². The minimum Gasteiger partial charge on any atom is -0.339 e. The van der Waals surface area contributed by atoms with Crippen molar-refractivity contribution in [3.8, 4) is 0 Å². The quantitative estimate of drug-likeness (QED) is 0.701. The topological polar surface area (TPSA) is 6.48 Å². The summed E-state index contributed by atoms with van der Waals surface area (Å²) in [7, 11) is 0. The normalized spacial score (nSPS) is 25.8. The van der Waals surface area contributed by atoms with Gasteiger partial charge in [-0.2, -0.15) is 0 Å². The third-order valence-electron chi connectivity index (χ3n) is 6.18. The molecular weight excluding hydrogens is 324 g/mol. The number of hydrogen-bond donors (Lipinski definition) is 0. The van der Waals surface area contributed by atoms with E-state index in [-0.39, 0.29) is 0 Å². The van der Waals surface area contributed by atoms with Gasteiger partial charge in [-0.25, -0.2) is 0 Å². The summed E-state index contributed by atoms with van der Waals surface area (Å²) in [5, 5.41) is 0. The summed E-state index contributed by atoms with van der Waals surface area (Å²) in [6.07, 6.45) is 6.97. The molecule has 0 amide bonds. The lowest BCUT2D eigenvalue weighted by Gasteiger charge is -2.46. The molecule has 0 unspecified atom stereocenters. The summed E-state index contributed by atoms with van der Waals surface area (Å²) in [5.41, 5.74) is 2.80. The second-order valence-electron chi connectivity index (χ2n) is 7.65. The van der Waals surface area contributed by atoms with Crippen LogP contribution in [0.25, 0.3) is 0 Å². The molecule has 0 bridgehead atoms. The maximum atomic E-state index is 2.79. The highest BCUT2D eigenvalue weighted by Gasteiger charge is 2.35. The van der Waals surface area contributed by atoms with Crippen molar-refractivity contribution in [3.63, 3.8) is 0 Å². The molecule has 3 heterocycles. The SMILES string of the molecule is c1ccc2c(c1)Sc1ccccc1N2C[C@H]1CCCN2CCCC[C@H]12. The molecule has 0 spiro atoms. The fourth-order valence-corrected chi connectivity index (χ4v) is 6.10. The zero-order chi connectivity index (χ0) is 16.6. The van der Waals surface area contributed by atoms with Crippen LogP contribution in [0.1, 0.15) is 32.1 Å². The number of benzene rings is 2. The first-order chi connectivity index (χ1) is 12.4. The van der Waals surface area contributed by atoms with E-state index < -0.39 is 0 Å². The van der Waals surface area contributed by atoms with Crippen molar-refractivity contribution in [1.82, 2.24) is 4.90 Å². The fourth-order valence-electron chi connectivity index (χ4n) is 5.00. The third kappa shape index (κ3) is 2.88. The average Bonchev–Trinajstić information content (AvgIpc) is 2.68. The van der Waals surface area contributed by atoms with Crippen LogP contribution in [0.2, 0.25) is 0 Å². The predicted octanol–water partition coefficient (Wildman–Crippen LogP) is 5.55. The van der Waals surface area contributed by atoms with Gasteiger partial charge in [-0.1, -0.05) is 42.4 Å². The van der Waals surface area contributed by atoms with E-state index in [2.05, 4.69) is 58.3 Å². The first kappa shape index (κ1) is 15.8. The van der Waals surface area contributed by atoms with Crippen molar-refractivity contribution >= 4 is 23.1 Å². The van der Waals surface area contributed by atoms with Crippen LogP contribution in [0, 0.1) is 5.92 Å². The number of rotatable bonds is 2. The van der Waals surface area contributed by atoms with Gasteiger partial charge in [0.1, 0.15) is 0 Å². The van der Waals surface area contributed by atoms with Crippen molar-refractivity contribution < 1.29 is 0 Å². The maximum Gasteiger partial charge on any atom is 0.0552 e. The Labute approximate surface area is 155 Å². The molecule has 2 fully saturated rings. The molecular formula is C22H26N2S. The molecule has 2 nitrogen and oxygen atoms in total. The molecule has 2 aromatic rings. The molecule has 0 N–H and O–H groups in total. The average molecular weight is 351 g/mol. The van der Waals surface area contributed by atoms with Crippen LogP contribution >= 0.6 is 11.8 Å². The third-order valence-corrected chi connectivity index (χ3v) is 7.31. The highest BCUT2D eigenvalue weighted by atomic mass is 32.2. The predicted molar refractivity (Wildman–Crippen MR) is 106 cm³/mol. The van der Waals surface area contributed by atoms with Gasteiger partial charge < -0.3 is 9.80 Å². The lowest BCUT2D eigenvalue weighted by molar-refractivity contribution is 0.0631. The largest absolute Gasteiger partial charge is 0.339 e. The standard InChI is InChI=1S/C22H26N2S/c1-3-12-21-19(10-1)24(20-11-2-4-13-22(20)25-21)16-17-8-7-15-23-14-6-5-9-18(17)23/h1-4,10-13,17-18H,5-9,14-16H2/t17-,18-/m1/s1. The van der Waals surface area contributed by atoms with Crippen molar-refractivity contribution in [2.45, 2.75) is 47.9 Å². The molecule has 2 saturated heterocycles. The molecule has 2 aromatic carbocycles. The van der Waals surface area contributed by atoms with E-state index in [9.17, 15) is 0 Å². The number of piperidine rings is 2. The second kappa shape index (κ2) is 6.69. The van der Waals surface area contributed by atoms with Crippen LogP contribution < -0.4 is 4.90 Å². The first-order valence-electron chi connectivity index (χ1n) is 9.78. The second-order valence-corrected chi connectivity index (χ2v) is 8.73. The van der Waals surface area contributed by atoms with Crippen molar-refractivity contribution in [2.24, 2.45) is 5.92 Å². The van der Waals surface area contributed by atoms with Crippen LogP contribution in [0.4, 0.5) is 11.4 Å². The van der Waals surface area contributed by atoms with E-state index in [0.29, 0.717) is 0 Å². The van der Waals surface area contributed by atoms with E-state index in [1.165, 1.54) is 66.4 Å². The van der Waals surface area contributed by atoms with Crippen LogP contribution in [-0.2, 0) is 0 Å². The number of fused-ring (bicyclic) bond motifs is 3. The smallest absolute Gasteiger partial charge is 0.0552 e. The van der Waals surface area contributed by atoms with Crippen molar-refractivity contribution in [2.75, 3.05) is 24.5 Å². The highest BCUT2D eigenvalue weighted by molar-refractivity contribution is 7.99. The van der Waals surface area contributed by atoms with E-state index >= 15 is 0 Å². The maximum absolute atomic E-state index is 2.79. The fraction of sp³-hybridized carbons (Fsp3) is 0.455. The van der Waals surface area contributed by atoms with Gasteiger partial charge in [0.2, 0.25) is 0 Å². The van der Waals surface area contributed by atoms with Gasteiger partial charge in [0.05, 0.1) is 11.4 Å². The molecule has 130 valence electrons. The lowest BCUT2D eigenvalue weighted by atomic mass is 9.83. The van der Waals surface area contributed by atoms with E-state index in [1.54, 1.807) is 0 Å². The van der Waals surface area contributed by atoms with Gasteiger partial charge in [-0.3, -0.25) is 0 Å². The number of nitrogens with zero attached hydrogens (tertiary/aromatic N) is 2.